The van der Waals surface area contributed by atoms with Gasteiger partial charge in [0.1, 0.15) is 5.57 Å². The number of amides is 4. The summed E-state index contributed by atoms with van der Waals surface area (Å²) in [5.74, 6) is -0.425. The molecule has 0 radical (unpaired) electrons. The predicted octanol–water partition coefficient (Wildman–Crippen LogP) is 3.83. The zero-order chi connectivity index (χ0) is 21.1. The van der Waals surface area contributed by atoms with Crippen molar-refractivity contribution in [1.29, 1.82) is 0 Å². The number of hydrogen-bond acceptors (Lipinski definition) is 5. The van der Waals surface area contributed by atoms with Crippen molar-refractivity contribution in [3.8, 4) is 11.5 Å². The van der Waals surface area contributed by atoms with E-state index in [2.05, 4.69) is 21.2 Å². The summed E-state index contributed by atoms with van der Waals surface area (Å²) < 4.78 is 11.6. The Morgan fingerprint density at radius 1 is 1.10 bits per heavy atom. The quantitative estimate of drug-likeness (QED) is 0.543. The molecule has 1 N–H and O–H groups in total. The molecule has 1 aliphatic rings. The first kappa shape index (κ1) is 20.6. The minimum absolute atomic E-state index is 0.156. The Morgan fingerprint density at radius 3 is 2.52 bits per heavy atom. The molecule has 2 aromatic rings. The van der Waals surface area contributed by atoms with Crippen LogP contribution >= 0.6 is 15.9 Å². The van der Waals surface area contributed by atoms with Gasteiger partial charge in [0.05, 0.1) is 19.4 Å². The monoisotopic (exact) mass is 458 g/mol. The molecule has 8 heteroatoms. The van der Waals surface area contributed by atoms with Crippen LogP contribution in [-0.4, -0.2) is 31.6 Å². The van der Waals surface area contributed by atoms with E-state index in [0.717, 1.165) is 14.9 Å². The van der Waals surface area contributed by atoms with E-state index in [1.807, 2.05) is 13.8 Å². The van der Waals surface area contributed by atoms with Gasteiger partial charge in [0, 0.05) is 4.47 Å². The third-order valence-corrected chi connectivity index (χ3v) is 5.19. The van der Waals surface area contributed by atoms with Gasteiger partial charge in [-0.3, -0.25) is 14.9 Å². The highest BCUT2D eigenvalue weighted by atomic mass is 79.9. The van der Waals surface area contributed by atoms with Gasteiger partial charge in [-0.15, -0.1) is 0 Å². The molecule has 0 saturated carbocycles. The lowest BCUT2D eigenvalue weighted by Gasteiger charge is -2.26. The maximum absolute atomic E-state index is 13.0. The van der Waals surface area contributed by atoms with Crippen molar-refractivity contribution in [2.24, 2.45) is 0 Å². The van der Waals surface area contributed by atoms with Gasteiger partial charge in [-0.05, 0) is 61.4 Å². The molecule has 150 valence electrons. The summed E-state index contributed by atoms with van der Waals surface area (Å²) in [6.07, 6.45) is 1.42. The number of imide groups is 2. The number of ether oxygens (including phenoxy) is 2. The predicted molar refractivity (Wildman–Crippen MR) is 112 cm³/mol. The van der Waals surface area contributed by atoms with E-state index in [0.29, 0.717) is 29.4 Å². The highest BCUT2D eigenvalue weighted by molar-refractivity contribution is 9.10. The standard InChI is InChI=1S/C21H19BrN2O5/c1-4-29-17-8-5-13(11-18(17)28-3)10-15-19(25)23-21(27)24(20(15)26)14-6-7-16(22)12(2)9-14/h5-11H,4H2,1-3H3,(H,23,25,27)/b15-10+. The summed E-state index contributed by atoms with van der Waals surface area (Å²) in [7, 11) is 1.50. The molecule has 0 atom stereocenters. The van der Waals surface area contributed by atoms with E-state index < -0.39 is 17.8 Å². The van der Waals surface area contributed by atoms with Gasteiger partial charge < -0.3 is 9.47 Å². The molecule has 0 unspecified atom stereocenters. The Bertz CT molecular complexity index is 1030. The summed E-state index contributed by atoms with van der Waals surface area (Å²) in [5, 5.41) is 2.21. The molecule has 1 heterocycles. The molecule has 0 aliphatic carbocycles. The summed E-state index contributed by atoms with van der Waals surface area (Å²) in [6.45, 7) is 4.17. The van der Waals surface area contributed by atoms with Gasteiger partial charge in [0.2, 0.25) is 0 Å². The molecule has 29 heavy (non-hydrogen) atoms. The largest absolute Gasteiger partial charge is 0.493 e. The molecule has 7 nitrogen and oxygen atoms in total. The number of barbiturate groups is 1. The van der Waals surface area contributed by atoms with Crippen LogP contribution in [0.15, 0.2) is 46.4 Å². The second-order valence-electron chi connectivity index (χ2n) is 6.23. The number of hydrogen-bond donors (Lipinski definition) is 1. The Labute approximate surface area is 176 Å². The van der Waals surface area contributed by atoms with Crippen molar-refractivity contribution in [2.45, 2.75) is 13.8 Å². The van der Waals surface area contributed by atoms with Crippen LogP contribution in [0.4, 0.5) is 10.5 Å². The molecule has 4 amide bonds. The number of aryl methyl sites for hydroxylation is 1. The SMILES string of the molecule is CCOc1ccc(/C=C2\C(=O)NC(=O)N(c3ccc(Br)c(C)c3)C2=O)cc1OC. The first-order chi connectivity index (χ1) is 13.8. The van der Waals surface area contributed by atoms with Crippen molar-refractivity contribution in [1.82, 2.24) is 5.32 Å². The topological polar surface area (TPSA) is 84.9 Å². The number of nitrogens with zero attached hydrogens (tertiary/aromatic N) is 1. The minimum atomic E-state index is -0.789. The second kappa shape index (κ2) is 8.48. The molecular formula is C21H19BrN2O5. The van der Waals surface area contributed by atoms with Crippen molar-refractivity contribution in [3.63, 3.8) is 0 Å². The Morgan fingerprint density at radius 2 is 1.86 bits per heavy atom. The number of nitrogens with one attached hydrogen (secondary N) is 1. The zero-order valence-corrected chi connectivity index (χ0v) is 17.7. The second-order valence-corrected chi connectivity index (χ2v) is 7.09. The van der Waals surface area contributed by atoms with E-state index in [1.54, 1.807) is 36.4 Å². The molecule has 2 aromatic carbocycles. The number of carbonyl (C=O) groups is 3. The zero-order valence-electron chi connectivity index (χ0n) is 16.1. The summed E-state index contributed by atoms with van der Waals surface area (Å²) in [4.78, 5) is 38.6. The number of methoxy groups -OCH3 is 1. The number of benzene rings is 2. The van der Waals surface area contributed by atoms with E-state index in [9.17, 15) is 14.4 Å². The lowest BCUT2D eigenvalue weighted by atomic mass is 10.1. The van der Waals surface area contributed by atoms with Gasteiger partial charge in [-0.2, -0.15) is 0 Å². The Kier molecular flexibility index (Phi) is 6.03. The van der Waals surface area contributed by atoms with Crippen molar-refractivity contribution < 1.29 is 23.9 Å². The maximum Gasteiger partial charge on any atom is 0.335 e. The molecule has 0 bridgehead atoms. The normalized spacial score (nSPS) is 15.5. The average Bonchev–Trinajstić information content (AvgIpc) is 2.69. The lowest BCUT2D eigenvalue weighted by Crippen LogP contribution is -2.54. The first-order valence-corrected chi connectivity index (χ1v) is 9.63. The van der Waals surface area contributed by atoms with Crippen LogP contribution in [-0.2, 0) is 9.59 Å². The highest BCUT2D eigenvalue weighted by Gasteiger charge is 2.36. The average molecular weight is 459 g/mol. The van der Waals surface area contributed by atoms with Gasteiger partial charge in [-0.1, -0.05) is 22.0 Å². The van der Waals surface area contributed by atoms with E-state index in [1.165, 1.54) is 13.2 Å². The fourth-order valence-corrected chi connectivity index (χ4v) is 3.12. The van der Waals surface area contributed by atoms with Crippen molar-refractivity contribution >= 4 is 45.5 Å². The molecule has 0 spiro atoms. The number of rotatable bonds is 5. The molecular weight excluding hydrogens is 440 g/mol. The lowest BCUT2D eigenvalue weighted by molar-refractivity contribution is -0.122. The van der Waals surface area contributed by atoms with Crippen molar-refractivity contribution in [3.05, 3.63) is 57.6 Å². The third kappa shape index (κ3) is 4.17. The van der Waals surface area contributed by atoms with Crippen LogP contribution in [0.5, 0.6) is 11.5 Å². The first-order valence-electron chi connectivity index (χ1n) is 8.84. The van der Waals surface area contributed by atoms with E-state index >= 15 is 0 Å². The minimum Gasteiger partial charge on any atom is -0.493 e. The summed E-state index contributed by atoms with van der Waals surface area (Å²) >= 11 is 3.39. The third-order valence-electron chi connectivity index (χ3n) is 4.30. The van der Waals surface area contributed by atoms with Crippen LogP contribution in [0.25, 0.3) is 6.08 Å². The van der Waals surface area contributed by atoms with Gasteiger partial charge >= 0.3 is 6.03 Å². The van der Waals surface area contributed by atoms with Crippen LogP contribution < -0.4 is 19.7 Å². The van der Waals surface area contributed by atoms with Crippen molar-refractivity contribution in [2.75, 3.05) is 18.6 Å². The van der Waals surface area contributed by atoms with Crippen LogP contribution in [0.2, 0.25) is 0 Å². The molecule has 1 fully saturated rings. The molecule has 0 aromatic heterocycles. The smallest absolute Gasteiger partial charge is 0.335 e. The van der Waals surface area contributed by atoms with Gasteiger partial charge in [-0.25, -0.2) is 9.69 Å². The highest BCUT2D eigenvalue weighted by Crippen LogP contribution is 2.30. The van der Waals surface area contributed by atoms with Gasteiger partial charge in [0.25, 0.3) is 11.8 Å². The summed E-state index contributed by atoms with van der Waals surface area (Å²) in [5.41, 5.74) is 1.62. The Hall–Kier alpha value is -3.13. The molecule has 1 aliphatic heterocycles. The molecule has 3 rings (SSSR count). The molecule has 1 saturated heterocycles. The fourth-order valence-electron chi connectivity index (χ4n) is 2.88. The van der Waals surface area contributed by atoms with Crippen LogP contribution in [0.1, 0.15) is 18.1 Å². The van der Waals surface area contributed by atoms with Crippen LogP contribution in [0, 0.1) is 6.92 Å². The summed E-state index contributed by atoms with van der Waals surface area (Å²) in [6, 6.07) is 9.32. The number of halogens is 1. The van der Waals surface area contributed by atoms with Crippen LogP contribution in [0.3, 0.4) is 0 Å². The number of urea groups is 1. The number of carbonyl (C=O) groups excluding carboxylic acids is 3. The Balaban J connectivity index is 2.00. The fraction of sp³-hybridized carbons (Fsp3) is 0.190. The number of anilines is 1. The van der Waals surface area contributed by atoms with E-state index in [-0.39, 0.29) is 5.57 Å². The van der Waals surface area contributed by atoms with Gasteiger partial charge in [0.15, 0.2) is 11.5 Å². The maximum atomic E-state index is 13.0. The van der Waals surface area contributed by atoms with E-state index in [4.69, 9.17) is 9.47 Å².